The number of aryl methyl sites for hydroxylation is 1. The van der Waals surface area contributed by atoms with Crippen LogP contribution in [0.3, 0.4) is 0 Å². The Morgan fingerprint density at radius 3 is 2.53 bits per heavy atom. The summed E-state index contributed by atoms with van der Waals surface area (Å²) in [7, 11) is 0. The molecule has 0 spiro atoms. The van der Waals surface area contributed by atoms with Crippen LogP contribution in [0.1, 0.15) is 65.2 Å². The third-order valence-electron chi connectivity index (χ3n) is 8.13. The van der Waals surface area contributed by atoms with Gasteiger partial charge < -0.3 is 10.6 Å². The van der Waals surface area contributed by atoms with Gasteiger partial charge in [-0.05, 0) is 96.4 Å². The van der Waals surface area contributed by atoms with Crippen LogP contribution in [0, 0.1) is 17.8 Å². The van der Waals surface area contributed by atoms with Crippen molar-refractivity contribution in [3.05, 3.63) is 95.1 Å². The molecule has 5 atom stereocenters. The molecular formula is C29H30N2O. The lowest BCUT2D eigenvalue weighted by molar-refractivity contribution is 0.102. The standard InChI is InChI=1S/C29H30N2O/c1-2-18-8-13-23(14-9-18)30-29(32)22-12-15-25-24(17-22)26-20-10-11-21(16-20)27(26)28(31-25)19-6-4-3-5-7-19/h3-9,12-15,17,20-21,26-28,31H,2,10-11,16H2,1H3,(H,30,32)/t20-,21-,26-,27-,28+/m0/s1. The Bertz CT molecular complexity index is 1140. The van der Waals surface area contributed by atoms with Gasteiger partial charge in [0.05, 0.1) is 6.04 Å². The molecule has 2 aliphatic carbocycles. The molecule has 2 fully saturated rings. The lowest BCUT2D eigenvalue weighted by Crippen LogP contribution is -2.35. The zero-order valence-electron chi connectivity index (χ0n) is 18.6. The zero-order valence-corrected chi connectivity index (χ0v) is 18.6. The van der Waals surface area contributed by atoms with E-state index in [1.807, 2.05) is 18.2 Å². The Kier molecular flexibility index (Phi) is 4.78. The third-order valence-corrected chi connectivity index (χ3v) is 8.13. The minimum absolute atomic E-state index is 0.0260. The largest absolute Gasteiger partial charge is 0.378 e. The summed E-state index contributed by atoms with van der Waals surface area (Å²) in [5.41, 5.74) is 6.82. The maximum Gasteiger partial charge on any atom is 0.255 e. The molecule has 2 saturated carbocycles. The summed E-state index contributed by atoms with van der Waals surface area (Å²) >= 11 is 0. The molecule has 3 aliphatic rings. The SMILES string of the molecule is CCc1ccc(NC(=O)c2ccc3c(c2)[C@@H]2[C@H]4CC[C@@H](C4)[C@@H]2[C@@H](c2ccccc2)N3)cc1. The van der Waals surface area contributed by atoms with Crippen molar-refractivity contribution in [2.75, 3.05) is 10.6 Å². The Morgan fingerprint density at radius 2 is 1.75 bits per heavy atom. The lowest BCUT2D eigenvalue weighted by atomic mass is 9.68. The van der Waals surface area contributed by atoms with Gasteiger partial charge in [-0.2, -0.15) is 0 Å². The fourth-order valence-corrected chi connectivity index (χ4v) is 6.64. The molecule has 3 aromatic rings. The second kappa shape index (κ2) is 7.81. The van der Waals surface area contributed by atoms with Crippen LogP contribution in [0.2, 0.25) is 0 Å². The topological polar surface area (TPSA) is 41.1 Å². The van der Waals surface area contributed by atoms with E-state index >= 15 is 0 Å². The molecule has 0 radical (unpaired) electrons. The number of amides is 1. The first-order valence-corrected chi connectivity index (χ1v) is 12.1. The van der Waals surface area contributed by atoms with Gasteiger partial charge in [0.2, 0.25) is 0 Å². The summed E-state index contributed by atoms with van der Waals surface area (Å²) in [4.78, 5) is 13.1. The predicted molar refractivity (Wildman–Crippen MR) is 130 cm³/mol. The molecule has 1 aliphatic heterocycles. The van der Waals surface area contributed by atoms with Crippen LogP contribution < -0.4 is 10.6 Å². The second-order valence-electron chi connectivity index (χ2n) is 9.78. The van der Waals surface area contributed by atoms with Gasteiger partial charge in [-0.15, -0.1) is 0 Å². The van der Waals surface area contributed by atoms with Gasteiger partial charge in [0.25, 0.3) is 5.91 Å². The number of benzene rings is 3. The predicted octanol–water partition coefficient (Wildman–Crippen LogP) is 6.80. The zero-order chi connectivity index (χ0) is 21.7. The van der Waals surface area contributed by atoms with Crippen molar-refractivity contribution in [3.8, 4) is 0 Å². The summed E-state index contributed by atoms with van der Waals surface area (Å²) < 4.78 is 0. The normalized spacial score (nSPS) is 27.3. The Labute approximate surface area is 190 Å². The highest BCUT2D eigenvalue weighted by molar-refractivity contribution is 6.04. The first-order valence-electron chi connectivity index (χ1n) is 12.1. The van der Waals surface area contributed by atoms with Crippen LogP contribution in [-0.4, -0.2) is 5.91 Å². The molecule has 2 bridgehead atoms. The summed E-state index contributed by atoms with van der Waals surface area (Å²) in [5.74, 6) is 2.67. The Balaban J connectivity index is 1.32. The minimum Gasteiger partial charge on any atom is -0.378 e. The minimum atomic E-state index is -0.0260. The van der Waals surface area contributed by atoms with Crippen molar-refractivity contribution in [1.82, 2.24) is 0 Å². The van der Waals surface area contributed by atoms with Crippen molar-refractivity contribution in [1.29, 1.82) is 0 Å². The van der Waals surface area contributed by atoms with Crippen LogP contribution in [0.4, 0.5) is 11.4 Å². The molecular weight excluding hydrogens is 392 g/mol. The number of nitrogens with one attached hydrogen (secondary N) is 2. The molecule has 6 rings (SSSR count). The molecule has 0 unspecified atom stereocenters. The third kappa shape index (κ3) is 3.23. The second-order valence-corrected chi connectivity index (χ2v) is 9.78. The van der Waals surface area contributed by atoms with E-state index in [-0.39, 0.29) is 5.91 Å². The van der Waals surface area contributed by atoms with Crippen LogP contribution in [0.15, 0.2) is 72.8 Å². The maximum atomic E-state index is 13.1. The molecule has 0 aromatic heterocycles. The number of fused-ring (bicyclic) bond motifs is 7. The van der Waals surface area contributed by atoms with Crippen molar-refractivity contribution >= 4 is 17.3 Å². The number of hydrogen-bond acceptors (Lipinski definition) is 2. The van der Waals surface area contributed by atoms with Gasteiger partial charge >= 0.3 is 0 Å². The molecule has 2 N–H and O–H groups in total. The molecule has 1 heterocycles. The van der Waals surface area contributed by atoms with Gasteiger partial charge in [0.15, 0.2) is 0 Å². The Hall–Kier alpha value is -3.07. The highest BCUT2D eigenvalue weighted by atomic mass is 16.1. The molecule has 0 saturated heterocycles. The van der Waals surface area contributed by atoms with E-state index in [1.165, 1.54) is 41.6 Å². The average molecular weight is 423 g/mol. The van der Waals surface area contributed by atoms with Crippen LogP contribution in [0.25, 0.3) is 0 Å². The van der Waals surface area contributed by atoms with E-state index in [0.29, 0.717) is 17.9 Å². The fourth-order valence-electron chi connectivity index (χ4n) is 6.64. The van der Waals surface area contributed by atoms with Crippen LogP contribution in [-0.2, 0) is 6.42 Å². The van der Waals surface area contributed by atoms with Crippen LogP contribution >= 0.6 is 0 Å². The average Bonchev–Trinajstić information content (AvgIpc) is 3.47. The van der Waals surface area contributed by atoms with Gasteiger partial charge in [0, 0.05) is 16.9 Å². The number of carbonyl (C=O) groups excluding carboxylic acids is 1. The molecule has 3 heteroatoms. The van der Waals surface area contributed by atoms with Gasteiger partial charge in [-0.1, -0.05) is 49.4 Å². The molecule has 3 aromatic carbocycles. The number of rotatable bonds is 4. The van der Waals surface area contributed by atoms with E-state index in [2.05, 4.69) is 72.2 Å². The van der Waals surface area contributed by atoms with E-state index in [4.69, 9.17) is 0 Å². The van der Waals surface area contributed by atoms with E-state index in [0.717, 1.165) is 29.5 Å². The molecule has 32 heavy (non-hydrogen) atoms. The van der Waals surface area contributed by atoms with E-state index in [9.17, 15) is 4.79 Å². The first-order chi connectivity index (χ1) is 15.7. The van der Waals surface area contributed by atoms with E-state index in [1.54, 1.807) is 0 Å². The first kappa shape index (κ1) is 19.6. The number of anilines is 2. The Morgan fingerprint density at radius 1 is 0.969 bits per heavy atom. The van der Waals surface area contributed by atoms with Crippen molar-refractivity contribution in [2.45, 2.75) is 44.6 Å². The highest BCUT2D eigenvalue weighted by Gasteiger charge is 2.53. The van der Waals surface area contributed by atoms with Gasteiger partial charge in [-0.25, -0.2) is 0 Å². The summed E-state index contributed by atoms with van der Waals surface area (Å²) in [6.07, 6.45) is 5.01. The molecule has 1 amide bonds. The maximum absolute atomic E-state index is 13.1. The van der Waals surface area contributed by atoms with Gasteiger partial charge in [-0.3, -0.25) is 4.79 Å². The van der Waals surface area contributed by atoms with E-state index < -0.39 is 0 Å². The highest BCUT2D eigenvalue weighted by Crippen LogP contribution is 2.63. The van der Waals surface area contributed by atoms with Crippen molar-refractivity contribution < 1.29 is 4.79 Å². The monoisotopic (exact) mass is 422 g/mol. The quantitative estimate of drug-likeness (QED) is 0.485. The summed E-state index contributed by atoms with van der Waals surface area (Å²) in [5, 5.41) is 6.95. The smallest absolute Gasteiger partial charge is 0.255 e. The summed E-state index contributed by atoms with van der Waals surface area (Å²) in [6.45, 7) is 2.14. The molecule has 162 valence electrons. The number of carbonyl (C=O) groups is 1. The van der Waals surface area contributed by atoms with Crippen LogP contribution in [0.5, 0.6) is 0 Å². The van der Waals surface area contributed by atoms with Crippen molar-refractivity contribution in [2.24, 2.45) is 17.8 Å². The fraction of sp³-hybridized carbons (Fsp3) is 0.345. The number of hydrogen-bond donors (Lipinski definition) is 2. The summed E-state index contributed by atoms with van der Waals surface area (Å²) in [6, 6.07) is 25.7. The molecule has 3 nitrogen and oxygen atoms in total. The van der Waals surface area contributed by atoms with Gasteiger partial charge in [0.1, 0.15) is 0 Å². The van der Waals surface area contributed by atoms with Crippen molar-refractivity contribution in [3.63, 3.8) is 0 Å². The lowest BCUT2D eigenvalue weighted by Gasteiger charge is -2.43.